The van der Waals surface area contributed by atoms with Gasteiger partial charge >= 0.3 is 0 Å². The van der Waals surface area contributed by atoms with Crippen molar-refractivity contribution in [3.63, 3.8) is 0 Å². The standard InChI is InChI=1S/C16H26FN/c1-4-5-6-7-10-13(2)18-14(3)15-11-8-9-12-16(15)17/h8-9,11-14,18H,4-7,10H2,1-3H3. The minimum atomic E-state index is -0.115. The van der Waals surface area contributed by atoms with Gasteiger partial charge < -0.3 is 5.32 Å². The molecule has 1 N–H and O–H groups in total. The van der Waals surface area contributed by atoms with E-state index in [1.54, 1.807) is 6.07 Å². The van der Waals surface area contributed by atoms with Crippen LogP contribution in [0.25, 0.3) is 0 Å². The maximum Gasteiger partial charge on any atom is 0.127 e. The average molecular weight is 251 g/mol. The summed E-state index contributed by atoms with van der Waals surface area (Å²) >= 11 is 0. The Balaban J connectivity index is 2.35. The van der Waals surface area contributed by atoms with Crippen LogP contribution in [0.15, 0.2) is 24.3 Å². The van der Waals surface area contributed by atoms with Crippen LogP contribution in [0.4, 0.5) is 4.39 Å². The molecule has 0 fully saturated rings. The molecule has 0 radical (unpaired) electrons. The van der Waals surface area contributed by atoms with Crippen LogP contribution in [0.1, 0.15) is 64.5 Å². The van der Waals surface area contributed by atoms with Crippen molar-refractivity contribution < 1.29 is 4.39 Å². The Hall–Kier alpha value is -0.890. The van der Waals surface area contributed by atoms with E-state index < -0.39 is 0 Å². The van der Waals surface area contributed by atoms with E-state index in [0.717, 1.165) is 5.56 Å². The second-order valence-corrected chi connectivity index (χ2v) is 5.16. The molecule has 0 aromatic heterocycles. The molecule has 0 bridgehead atoms. The molecule has 0 aliphatic carbocycles. The lowest BCUT2D eigenvalue weighted by atomic mass is 10.0. The Morgan fingerprint density at radius 1 is 1.11 bits per heavy atom. The van der Waals surface area contributed by atoms with E-state index in [1.165, 1.54) is 38.2 Å². The molecule has 1 nitrogen and oxygen atoms in total. The van der Waals surface area contributed by atoms with Gasteiger partial charge in [0, 0.05) is 17.6 Å². The van der Waals surface area contributed by atoms with Gasteiger partial charge in [-0.05, 0) is 26.3 Å². The number of unbranched alkanes of at least 4 members (excludes halogenated alkanes) is 3. The first-order chi connectivity index (χ1) is 8.65. The van der Waals surface area contributed by atoms with Crippen molar-refractivity contribution in [2.75, 3.05) is 0 Å². The first-order valence-corrected chi connectivity index (χ1v) is 7.15. The molecule has 2 atom stereocenters. The zero-order valence-corrected chi connectivity index (χ0v) is 11.9. The Morgan fingerprint density at radius 2 is 1.83 bits per heavy atom. The van der Waals surface area contributed by atoms with Gasteiger partial charge in [-0.15, -0.1) is 0 Å². The van der Waals surface area contributed by atoms with E-state index in [2.05, 4.69) is 19.2 Å². The molecule has 2 heteroatoms. The molecule has 0 amide bonds. The zero-order valence-electron chi connectivity index (χ0n) is 11.9. The third kappa shape index (κ3) is 5.18. The van der Waals surface area contributed by atoms with E-state index in [9.17, 15) is 4.39 Å². The Kier molecular flexibility index (Phi) is 6.96. The summed E-state index contributed by atoms with van der Waals surface area (Å²) in [6.07, 6.45) is 6.31. The fourth-order valence-corrected chi connectivity index (χ4v) is 2.30. The van der Waals surface area contributed by atoms with Crippen molar-refractivity contribution in [1.82, 2.24) is 5.32 Å². The van der Waals surface area contributed by atoms with Crippen LogP contribution in [-0.4, -0.2) is 6.04 Å². The van der Waals surface area contributed by atoms with Crippen molar-refractivity contribution in [3.8, 4) is 0 Å². The van der Waals surface area contributed by atoms with Gasteiger partial charge in [-0.2, -0.15) is 0 Å². The van der Waals surface area contributed by atoms with Gasteiger partial charge in [0.15, 0.2) is 0 Å². The summed E-state index contributed by atoms with van der Waals surface area (Å²) in [4.78, 5) is 0. The van der Waals surface area contributed by atoms with Gasteiger partial charge in [-0.3, -0.25) is 0 Å². The SMILES string of the molecule is CCCCCCC(C)NC(C)c1ccccc1F. The Labute approximate surface area is 111 Å². The number of halogens is 1. The van der Waals surface area contributed by atoms with E-state index in [1.807, 2.05) is 19.1 Å². The molecule has 1 aromatic carbocycles. The van der Waals surface area contributed by atoms with Crippen LogP contribution in [-0.2, 0) is 0 Å². The largest absolute Gasteiger partial charge is 0.308 e. The molecular weight excluding hydrogens is 225 g/mol. The third-order valence-electron chi connectivity index (χ3n) is 3.40. The Morgan fingerprint density at radius 3 is 2.50 bits per heavy atom. The molecule has 0 saturated heterocycles. The molecule has 102 valence electrons. The van der Waals surface area contributed by atoms with Gasteiger partial charge in [0.2, 0.25) is 0 Å². The molecule has 2 unspecified atom stereocenters. The molecule has 0 saturated carbocycles. The maximum atomic E-state index is 13.6. The summed E-state index contributed by atoms with van der Waals surface area (Å²) in [7, 11) is 0. The fourth-order valence-electron chi connectivity index (χ4n) is 2.30. The van der Waals surface area contributed by atoms with E-state index in [-0.39, 0.29) is 11.9 Å². The van der Waals surface area contributed by atoms with Crippen LogP contribution >= 0.6 is 0 Å². The molecule has 0 heterocycles. The van der Waals surface area contributed by atoms with E-state index >= 15 is 0 Å². The van der Waals surface area contributed by atoms with Gasteiger partial charge in [0.25, 0.3) is 0 Å². The molecule has 0 aliphatic rings. The first-order valence-electron chi connectivity index (χ1n) is 7.15. The van der Waals surface area contributed by atoms with Gasteiger partial charge in [0.1, 0.15) is 5.82 Å². The van der Waals surface area contributed by atoms with Crippen molar-refractivity contribution in [1.29, 1.82) is 0 Å². The molecule has 18 heavy (non-hydrogen) atoms. The highest BCUT2D eigenvalue weighted by molar-refractivity contribution is 5.20. The molecule has 1 aromatic rings. The van der Waals surface area contributed by atoms with Crippen LogP contribution < -0.4 is 5.32 Å². The van der Waals surface area contributed by atoms with Crippen molar-refractivity contribution in [3.05, 3.63) is 35.6 Å². The lowest BCUT2D eigenvalue weighted by molar-refractivity contribution is 0.428. The van der Waals surface area contributed by atoms with Crippen molar-refractivity contribution in [2.45, 2.75) is 65.0 Å². The zero-order chi connectivity index (χ0) is 13.4. The van der Waals surface area contributed by atoms with Crippen LogP contribution in [0, 0.1) is 5.82 Å². The number of benzene rings is 1. The van der Waals surface area contributed by atoms with Gasteiger partial charge in [-0.25, -0.2) is 4.39 Å². The number of nitrogens with one attached hydrogen (secondary N) is 1. The maximum absolute atomic E-state index is 13.6. The summed E-state index contributed by atoms with van der Waals surface area (Å²) in [5, 5.41) is 3.47. The predicted molar refractivity (Wildman–Crippen MR) is 76.2 cm³/mol. The summed E-state index contributed by atoms with van der Waals surface area (Å²) in [5.74, 6) is -0.115. The van der Waals surface area contributed by atoms with Crippen LogP contribution in [0.3, 0.4) is 0 Å². The number of hydrogen-bond acceptors (Lipinski definition) is 1. The summed E-state index contributed by atoms with van der Waals surface area (Å²) in [5.41, 5.74) is 0.762. The van der Waals surface area contributed by atoms with E-state index in [4.69, 9.17) is 0 Å². The minimum Gasteiger partial charge on any atom is -0.308 e. The third-order valence-corrected chi connectivity index (χ3v) is 3.40. The second kappa shape index (κ2) is 8.25. The smallest absolute Gasteiger partial charge is 0.127 e. The number of hydrogen-bond donors (Lipinski definition) is 1. The average Bonchev–Trinajstić information content (AvgIpc) is 2.35. The fraction of sp³-hybridized carbons (Fsp3) is 0.625. The van der Waals surface area contributed by atoms with Gasteiger partial charge in [-0.1, -0.05) is 50.8 Å². The topological polar surface area (TPSA) is 12.0 Å². The van der Waals surface area contributed by atoms with Gasteiger partial charge in [0.05, 0.1) is 0 Å². The summed E-state index contributed by atoms with van der Waals surface area (Å²) in [6, 6.07) is 7.53. The first kappa shape index (κ1) is 15.2. The van der Waals surface area contributed by atoms with Crippen molar-refractivity contribution >= 4 is 0 Å². The minimum absolute atomic E-state index is 0.0763. The van der Waals surface area contributed by atoms with Crippen LogP contribution in [0.2, 0.25) is 0 Å². The molecular formula is C16H26FN. The highest BCUT2D eigenvalue weighted by Crippen LogP contribution is 2.17. The lowest BCUT2D eigenvalue weighted by Gasteiger charge is -2.20. The highest BCUT2D eigenvalue weighted by atomic mass is 19.1. The second-order valence-electron chi connectivity index (χ2n) is 5.16. The van der Waals surface area contributed by atoms with E-state index in [0.29, 0.717) is 6.04 Å². The lowest BCUT2D eigenvalue weighted by Crippen LogP contribution is -2.29. The molecule has 0 spiro atoms. The Bertz CT molecular complexity index is 338. The highest BCUT2D eigenvalue weighted by Gasteiger charge is 2.12. The van der Waals surface area contributed by atoms with Crippen molar-refractivity contribution in [2.24, 2.45) is 0 Å². The summed E-state index contributed by atoms with van der Waals surface area (Å²) < 4.78 is 13.6. The van der Waals surface area contributed by atoms with Crippen LogP contribution in [0.5, 0.6) is 0 Å². The monoisotopic (exact) mass is 251 g/mol. The normalized spacial score (nSPS) is 14.4. The summed E-state index contributed by atoms with van der Waals surface area (Å²) in [6.45, 7) is 6.44. The predicted octanol–water partition coefficient (Wildman–Crippen LogP) is 4.84. The number of rotatable bonds is 8. The molecule has 0 aliphatic heterocycles. The molecule has 1 rings (SSSR count). The quantitative estimate of drug-likeness (QED) is 0.652.